The maximum atomic E-state index is 13.8. The number of nitrogens with zero attached hydrogens (tertiary/aromatic N) is 5. The fourth-order valence-corrected chi connectivity index (χ4v) is 4.20. The molecule has 0 aliphatic carbocycles. The third kappa shape index (κ3) is 3.29. The molecule has 0 unspecified atom stereocenters. The molecule has 148 valence electrons. The van der Waals surface area contributed by atoms with E-state index in [1.807, 2.05) is 34.8 Å². The maximum absolute atomic E-state index is 13.8. The molecule has 30 heavy (non-hydrogen) atoms. The summed E-state index contributed by atoms with van der Waals surface area (Å²) < 4.78 is 15.7. The molecule has 1 saturated heterocycles. The molecule has 6 heteroatoms. The molecule has 0 spiro atoms. The fraction of sp³-hybridized carbons (Fsp3) is 0.208. The summed E-state index contributed by atoms with van der Waals surface area (Å²) in [6, 6.07) is 20.5. The molecule has 5 nitrogen and oxygen atoms in total. The largest absolute Gasteiger partial charge is 0.348 e. The molecule has 1 fully saturated rings. The lowest BCUT2D eigenvalue weighted by Gasteiger charge is -2.37. The lowest BCUT2D eigenvalue weighted by Crippen LogP contribution is -2.34. The number of nitriles is 1. The van der Waals surface area contributed by atoms with Gasteiger partial charge in [0.2, 0.25) is 0 Å². The van der Waals surface area contributed by atoms with Crippen LogP contribution in [-0.4, -0.2) is 21.1 Å². The minimum atomic E-state index is -0.209. The van der Waals surface area contributed by atoms with Crippen LogP contribution in [0.25, 0.3) is 16.9 Å². The van der Waals surface area contributed by atoms with E-state index in [1.165, 1.54) is 6.07 Å². The minimum absolute atomic E-state index is 0.0984. The first-order chi connectivity index (χ1) is 14.7. The number of fused-ring (bicyclic) bond motifs is 1. The standard InChI is InChI=1S/C24H20FN5/c25-20-5-3-4-19(14-20)21-6-1-2-13-29(21)24-12-11-23-27-16-22(30(23)28-24)18-9-7-17(15-26)8-10-18/h3-5,7-12,14,16,21H,1-2,6,13H2/t21-/m1/s1. The molecule has 2 aromatic heterocycles. The Morgan fingerprint density at radius 3 is 2.70 bits per heavy atom. The minimum Gasteiger partial charge on any atom is -0.348 e. The molecule has 1 aliphatic rings. The number of hydrogen-bond acceptors (Lipinski definition) is 4. The van der Waals surface area contributed by atoms with Gasteiger partial charge in [-0.2, -0.15) is 5.26 Å². The molecule has 1 atom stereocenters. The van der Waals surface area contributed by atoms with Gasteiger partial charge in [-0.25, -0.2) is 13.9 Å². The van der Waals surface area contributed by atoms with Crippen molar-refractivity contribution in [2.45, 2.75) is 25.3 Å². The Labute approximate surface area is 174 Å². The Morgan fingerprint density at radius 1 is 1.03 bits per heavy atom. The second-order valence-corrected chi connectivity index (χ2v) is 7.55. The molecule has 0 bridgehead atoms. The number of hydrogen-bond donors (Lipinski definition) is 0. The summed E-state index contributed by atoms with van der Waals surface area (Å²) in [4.78, 5) is 6.74. The Bertz CT molecular complexity index is 1240. The van der Waals surface area contributed by atoms with Gasteiger partial charge in [-0.05, 0) is 61.2 Å². The lowest BCUT2D eigenvalue weighted by atomic mass is 9.95. The van der Waals surface area contributed by atoms with Gasteiger partial charge in [-0.3, -0.25) is 0 Å². The SMILES string of the molecule is N#Cc1ccc(-c2cnc3ccc(N4CCCC[C@@H]4c4cccc(F)c4)nn23)cc1. The first-order valence-electron chi connectivity index (χ1n) is 10.1. The molecular formula is C24H20FN5. The molecule has 0 amide bonds. The van der Waals surface area contributed by atoms with E-state index >= 15 is 0 Å². The van der Waals surface area contributed by atoms with Crippen molar-refractivity contribution in [2.24, 2.45) is 0 Å². The zero-order valence-electron chi connectivity index (χ0n) is 16.4. The Hall–Kier alpha value is -3.72. The second-order valence-electron chi connectivity index (χ2n) is 7.55. The van der Waals surface area contributed by atoms with Crippen LogP contribution in [-0.2, 0) is 0 Å². The predicted molar refractivity (Wildman–Crippen MR) is 113 cm³/mol. The van der Waals surface area contributed by atoms with Gasteiger partial charge in [0.1, 0.15) is 11.6 Å². The van der Waals surface area contributed by atoms with E-state index in [9.17, 15) is 4.39 Å². The van der Waals surface area contributed by atoms with Crippen molar-refractivity contribution in [1.29, 1.82) is 5.26 Å². The number of imidazole rings is 1. The smallest absolute Gasteiger partial charge is 0.154 e. The van der Waals surface area contributed by atoms with E-state index in [0.29, 0.717) is 5.56 Å². The van der Waals surface area contributed by atoms with Crippen molar-refractivity contribution in [1.82, 2.24) is 14.6 Å². The highest BCUT2D eigenvalue weighted by Crippen LogP contribution is 2.34. The summed E-state index contributed by atoms with van der Waals surface area (Å²) in [5.41, 5.74) is 4.18. The highest BCUT2D eigenvalue weighted by atomic mass is 19.1. The van der Waals surface area contributed by atoms with Gasteiger partial charge in [0.05, 0.1) is 29.6 Å². The van der Waals surface area contributed by atoms with Gasteiger partial charge in [0.25, 0.3) is 0 Å². The number of piperidine rings is 1. The van der Waals surface area contributed by atoms with Gasteiger partial charge in [0, 0.05) is 12.1 Å². The summed E-state index contributed by atoms with van der Waals surface area (Å²) in [6.45, 7) is 0.876. The van der Waals surface area contributed by atoms with Crippen LogP contribution in [0.5, 0.6) is 0 Å². The van der Waals surface area contributed by atoms with E-state index in [2.05, 4.69) is 16.0 Å². The summed E-state index contributed by atoms with van der Waals surface area (Å²) in [5.74, 6) is 0.642. The van der Waals surface area contributed by atoms with Crippen LogP contribution in [0.1, 0.15) is 36.4 Å². The van der Waals surface area contributed by atoms with Crippen LogP contribution in [0.2, 0.25) is 0 Å². The third-order valence-electron chi connectivity index (χ3n) is 5.69. The van der Waals surface area contributed by atoms with Gasteiger partial charge < -0.3 is 4.90 Å². The molecule has 3 heterocycles. The average molecular weight is 397 g/mol. The van der Waals surface area contributed by atoms with Crippen molar-refractivity contribution in [3.05, 3.63) is 83.8 Å². The molecule has 0 radical (unpaired) electrons. The summed E-state index contributed by atoms with van der Waals surface area (Å²) in [6.07, 6.45) is 4.96. The average Bonchev–Trinajstić information content (AvgIpc) is 3.22. The number of halogens is 1. The zero-order chi connectivity index (χ0) is 20.5. The number of anilines is 1. The van der Waals surface area contributed by atoms with Gasteiger partial charge in [-0.15, -0.1) is 5.10 Å². The predicted octanol–water partition coefficient (Wildman–Crippen LogP) is 5.14. The van der Waals surface area contributed by atoms with Crippen molar-refractivity contribution in [3.63, 3.8) is 0 Å². The third-order valence-corrected chi connectivity index (χ3v) is 5.69. The van der Waals surface area contributed by atoms with Crippen molar-refractivity contribution in [3.8, 4) is 17.3 Å². The fourth-order valence-electron chi connectivity index (χ4n) is 4.20. The van der Waals surface area contributed by atoms with E-state index in [4.69, 9.17) is 10.4 Å². The van der Waals surface area contributed by atoms with Crippen molar-refractivity contribution < 1.29 is 4.39 Å². The van der Waals surface area contributed by atoms with Crippen LogP contribution in [0.15, 0.2) is 66.9 Å². The Balaban J connectivity index is 1.55. The van der Waals surface area contributed by atoms with E-state index in [0.717, 1.165) is 54.1 Å². The summed E-state index contributed by atoms with van der Waals surface area (Å²) >= 11 is 0. The van der Waals surface area contributed by atoms with E-state index in [1.54, 1.807) is 30.5 Å². The van der Waals surface area contributed by atoms with Crippen LogP contribution in [0.3, 0.4) is 0 Å². The molecule has 4 aromatic rings. The number of benzene rings is 2. The number of aromatic nitrogens is 3. The zero-order valence-corrected chi connectivity index (χ0v) is 16.4. The first-order valence-corrected chi connectivity index (χ1v) is 10.1. The molecule has 2 aromatic carbocycles. The molecule has 0 N–H and O–H groups in total. The van der Waals surface area contributed by atoms with E-state index in [-0.39, 0.29) is 11.9 Å². The summed E-state index contributed by atoms with van der Waals surface area (Å²) in [5, 5.41) is 13.9. The van der Waals surface area contributed by atoms with Gasteiger partial charge >= 0.3 is 0 Å². The highest BCUT2D eigenvalue weighted by Gasteiger charge is 2.26. The molecule has 5 rings (SSSR count). The van der Waals surface area contributed by atoms with Crippen molar-refractivity contribution >= 4 is 11.5 Å². The summed E-state index contributed by atoms with van der Waals surface area (Å²) in [7, 11) is 0. The normalized spacial score (nSPS) is 16.5. The second kappa shape index (κ2) is 7.60. The highest BCUT2D eigenvalue weighted by molar-refractivity contribution is 5.64. The topological polar surface area (TPSA) is 57.2 Å². The molecular weight excluding hydrogens is 377 g/mol. The monoisotopic (exact) mass is 397 g/mol. The lowest BCUT2D eigenvalue weighted by molar-refractivity contribution is 0.465. The molecule has 1 aliphatic heterocycles. The van der Waals surface area contributed by atoms with Crippen LogP contribution in [0, 0.1) is 17.1 Å². The maximum Gasteiger partial charge on any atom is 0.154 e. The van der Waals surface area contributed by atoms with Gasteiger partial charge in [0.15, 0.2) is 5.65 Å². The van der Waals surface area contributed by atoms with Gasteiger partial charge in [-0.1, -0.05) is 24.3 Å². The van der Waals surface area contributed by atoms with Crippen LogP contribution < -0.4 is 4.90 Å². The molecule has 0 saturated carbocycles. The first kappa shape index (κ1) is 18.3. The quantitative estimate of drug-likeness (QED) is 0.480. The van der Waals surface area contributed by atoms with Crippen LogP contribution in [0.4, 0.5) is 10.2 Å². The van der Waals surface area contributed by atoms with Crippen LogP contribution >= 0.6 is 0 Å². The Kier molecular flexibility index (Phi) is 4.64. The number of rotatable bonds is 3. The Morgan fingerprint density at radius 2 is 1.90 bits per heavy atom. The van der Waals surface area contributed by atoms with E-state index < -0.39 is 0 Å². The van der Waals surface area contributed by atoms with Crippen molar-refractivity contribution in [2.75, 3.05) is 11.4 Å².